The van der Waals surface area contributed by atoms with Crippen LogP contribution in [0.3, 0.4) is 0 Å². The SMILES string of the molecule is COc1ccc(CN(C)S(=O)(=O)c2ccc3c(c2)sc(=O)n3Cc2ccc(Cl)cc2)cc1OC. The molecule has 0 bridgehead atoms. The number of ether oxygens (including phenoxy) is 2. The molecule has 0 radical (unpaired) electrons. The standard InChI is InChI=1S/C24H23ClN2O5S2/c1-26(14-17-6-11-21(31-2)22(12-17)32-3)34(29,30)19-9-10-20-23(13-19)33-24(28)27(20)15-16-4-7-18(25)8-5-16/h4-13H,14-15H2,1-3H3. The second-order valence-corrected chi connectivity index (χ2v) is 11.1. The molecule has 1 heterocycles. The minimum atomic E-state index is -3.79. The molecule has 0 aliphatic carbocycles. The summed E-state index contributed by atoms with van der Waals surface area (Å²) in [6.07, 6.45) is 0. The van der Waals surface area contributed by atoms with Crippen LogP contribution in [0, 0.1) is 0 Å². The smallest absolute Gasteiger partial charge is 0.308 e. The Hall–Kier alpha value is -2.85. The van der Waals surface area contributed by atoms with Crippen LogP contribution >= 0.6 is 22.9 Å². The van der Waals surface area contributed by atoms with Crippen molar-refractivity contribution in [2.75, 3.05) is 21.3 Å². The lowest BCUT2D eigenvalue weighted by molar-refractivity contribution is 0.354. The van der Waals surface area contributed by atoms with Crippen LogP contribution < -0.4 is 14.3 Å². The van der Waals surface area contributed by atoms with Crippen molar-refractivity contribution < 1.29 is 17.9 Å². The van der Waals surface area contributed by atoms with Gasteiger partial charge >= 0.3 is 4.87 Å². The largest absolute Gasteiger partial charge is 0.493 e. The highest BCUT2D eigenvalue weighted by atomic mass is 35.5. The molecule has 34 heavy (non-hydrogen) atoms. The van der Waals surface area contributed by atoms with Crippen molar-refractivity contribution in [1.29, 1.82) is 0 Å². The summed E-state index contributed by atoms with van der Waals surface area (Å²) in [4.78, 5) is 12.6. The molecule has 3 aromatic carbocycles. The van der Waals surface area contributed by atoms with Crippen molar-refractivity contribution in [1.82, 2.24) is 8.87 Å². The molecule has 4 rings (SSSR count). The molecule has 0 spiro atoms. The quantitative estimate of drug-likeness (QED) is 0.340. The van der Waals surface area contributed by atoms with E-state index in [2.05, 4.69) is 0 Å². The van der Waals surface area contributed by atoms with Crippen molar-refractivity contribution >= 4 is 43.2 Å². The Labute approximate surface area is 206 Å². The van der Waals surface area contributed by atoms with Gasteiger partial charge in [-0.2, -0.15) is 4.31 Å². The fraction of sp³-hybridized carbons (Fsp3) is 0.208. The number of sulfonamides is 1. The van der Waals surface area contributed by atoms with Gasteiger partial charge in [-0.1, -0.05) is 41.1 Å². The summed E-state index contributed by atoms with van der Waals surface area (Å²) in [5.41, 5.74) is 2.37. The molecule has 0 N–H and O–H groups in total. The van der Waals surface area contributed by atoms with E-state index in [1.165, 1.54) is 24.5 Å². The number of hydrogen-bond acceptors (Lipinski definition) is 6. The van der Waals surface area contributed by atoms with E-state index in [1.807, 2.05) is 12.1 Å². The molecule has 1 aromatic heterocycles. The molecule has 0 aliphatic rings. The predicted molar refractivity (Wildman–Crippen MR) is 135 cm³/mol. The predicted octanol–water partition coefficient (Wildman–Crippen LogP) is 4.60. The highest BCUT2D eigenvalue weighted by Crippen LogP contribution is 2.29. The van der Waals surface area contributed by atoms with Gasteiger partial charge in [-0.05, 0) is 53.6 Å². The van der Waals surface area contributed by atoms with Gasteiger partial charge in [0.05, 0.1) is 35.9 Å². The average molecular weight is 519 g/mol. The maximum Gasteiger partial charge on any atom is 0.308 e. The third-order valence-corrected chi connectivity index (χ3v) is 8.45. The number of methoxy groups -OCH3 is 2. The minimum Gasteiger partial charge on any atom is -0.493 e. The Morgan fingerprint density at radius 3 is 2.29 bits per heavy atom. The lowest BCUT2D eigenvalue weighted by Crippen LogP contribution is -2.26. The first-order chi connectivity index (χ1) is 16.2. The van der Waals surface area contributed by atoms with Crippen molar-refractivity contribution in [3.05, 3.63) is 86.5 Å². The van der Waals surface area contributed by atoms with Gasteiger partial charge in [0, 0.05) is 18.6 Å². The summed E-state index contributed by atoms with van der Waals surface area (Å²) in [6.45, 7) is 0.524. The van der Waals surface area contributed by atoms with E-state index in [1.54, 1.807) is 54.1 Å². The average Bonchev–Trinajstić information content (AvgIpc) is 3.14. The number of fused-ring (bicyclic) bond motifs is 1. The van der Waals surface area contributed by atoms with Crippen LogP contribution in [0.15, 0.2) is 70.4 Å². The molecule has 0 atom stereocenters. The van der Waals surface area contributed by atoms with Gasteiger partial charge in [0.25, 0.3) is 0 Å². The zero-order chi connectivity index (χ0) is 24.5. The van der Waals surface area contributed by atoms with Crippen LogP contribution in [0.2, 0.25) is 5.02 Å². The summed E-state index contributed by atoms with van der Waals surface area (Å²) in [5, 5.41) is 0.623. The Bertz CT molecular complexity index is 1490. The first-order valence-electron chi connectivity index (χ1n) is 10.3. The highest BCUT2D eigenvalue weighted by Gasteiger charge is 2.23. The van der Waals surface area contributed by atoms with Crippen molar-refractivity contribution in [3.63, 3.8) is 0 Å². The molecule has 7 nitrogen and oxygen atoms in total. The van der Waals surface area contributed by atoms with Crippen LogP contribution in [0.5, 0.6) is 11.5 Å². The molecule has 10 heteroatoms. The first kappa shape index (κ1) is 24.3. The van der Waals surface area contributed by atoms with Crippen molar-refractivity contribution in [3.8, 4) is 11.5 Å². The number of thiazole rings is 1. The van der Waals surface area contributed by atoms with Crippen LogP contribution in [0.25, 0.3) is 10.2 Å². The monoisotopic (exact) mass is 518 g/mol. The molecule has 0 aliphatic heterocycles. The summed E-state index contributed by atoms with van der Waals surface area (Å²) >= 11 is 6.97. The van der Waals surface area contributed by atoms with Gasteiger partial charge in [0.2, 0.25) is 10.0 Å². The molecule has 0 saturated heterocycles. The number of benzene rings is 3. The molecular weight excluding hydrogens is 496 g/mol. The molecule has 0 saturated carbocycles. The van der Waals surface area contributed by atoms with Gasteiger partial charge < -0.3 is 9.47 Å². The normalized spacial score (nSPS) is 11.8. The second-order valence-electron chi connectivity index (χ2n) is 7.66. The van der Waals surface area contributed by atoms with E-state index in [-0.39, 0.29) is 16.3 Å². The molecular formula is C24H23ClN2O5S2. The van der Waals surface area contributed by atoms with E-state index in [4.69, 9.17) is 21.1 Å². The molecule has 178 valence electrons. The van der Waals surface area contributed by atoms with Crippen molar-refractivity contribution in [2.45, 2.75) is 18.0 Å². The van der Waals surface area contributed by atoms with Crippen LogP contribution in [-0.2, 0) is 23.1 Å². The Kier molecular flexibility index (Phi) is 6.99. The zero-order valence-corrected chi connectivity index (χ0v) is 21.2. The summed E-state index contributed by atoms with van der Waals surface area (Å²) in [5.74, 6) is 1.10. The number of hydrogen-bond donors (Lipinski definition) is 0. The molecule has 0 fully saturated rings. The first-order valence-corrected chi connectivity index (χ1v) is 12.9. The number of aromatic nitrogens is 1. The Balaban J connectivity index is 1.61. The fourth-order valence-corrected chi connectivity index (χ4v) is 5.95. The van der Waals surface area contributed by atoms with E-state index in [0.717, 1.165) is 22.5 Å². The zero-order valence-electron chi connectivity index (χ0n) is 18.8. The number of rotatable bonds is 8. The second kappa shape index (κ2) is 9.79. The molecule has 4 aromatic rings. The third-order valence-electron chi connectivity index (χ3n) is 5.46. The number of halogens is 1. The fourth-order valence-electron chi connectivity index (χ4n) is 3.63. The van der Waals surface area contributed by atoms with E-state index in [9.17, 15) is 13.2 Å². The third kappa shape index (κ3) is 4.83. The molecule has 0 amide bonds. The highest BCUT2D eigenvalue weighted by molar-refractivity contribution is 7.89. The van der Waals surface area contributed by atoms with E-state index >= 15 is 0 Å². The lowest BCUT2D eigenvalue weighted by Gasteiger charge is -2.18. The minimum absolute atomic E-state index is 0.128. The van der Waals surface area contributed by atoms with Gasteiger partial charge in [0.1, 0.15) is 0 Å². The van der Waals surface area contributed by atoms with Crippen LogP contribution in [0.4, 0.5) is 0 Å². The van der Waals surface area contributed by atoms with Crippen LogP contribution in [0.1, 0.15) is 11.1 Å². The summed E-state index contributed by atoms with van der Waals surface area (Å²) in [6, 6.07) is 17.3. The Morgan fingerprint density at radius 2 is 1.62 bits per heavy atom. The summed E-state index contributed by atoms with van der Waals surface area (Å²) < 4.78 is 40.6. The van der Waals surface area contributed by atoms with Gasteiger partial charge in [-0.25, -0.2) is 8.42 Å². The van der Waals surface area contributed by atoms with Gasteiger partial charge in [0.15, 0.2) is 11.5 Å². The topological polar surface area (TPSA) is 77.8 Å². The van der Waals surface area contributed by atoms with Crippen LogP contribution in [-0.4, -0.2) is 38.6 Å². The summed E-state index contributed by atoms with van der Waals surface area (Å²) in [7, 11) is 0.802. The maximum absolute atomic E-state index is 13.2. The number of nitrogens with zero attached hydrogens (tertiary/aromatic N) is 2. The maximum atomic E-state index is 13.2. The lowest BCUT2D eigenvalue weighted by atomic mass is 10.2. The van der Waals surface area contributed by atoms with E-state index in [0.29, 0.717) is 33.3 Å². The molecule has 0 unspecified atom stereocenters. The Morgan fingerprint density at radius 1 is 0.941 bits per heavy atom. The van der Waals surface area contributed by atoms with Gasteiger partial charge in [-0.3, -0.25) is 9.36 Å². The van der Waals surface area contributed by atoms with Crippen molar-refractivity contribution in [2.24, 2.45) is 0 Å². The van der Waals surface area contributed by atoms with E-state index < -0.39 is 10.0 Å². The van der Waals surface area contributed by atoms with Gasteiger partial charge in [-0.15, -0.1) is 0 Å².